The SMILES string of the molecule is Cc1cnc2c(-c3ccccc3)no[n+]2c1C. The smallest absolute Gasteiger partial charge is 0.134 e. The predicted octanol–water partition coefficient (Wildman–Crippen LogP) is 2.09. The van der Waals surface area contributed by atoms with Crippen LogP contribution in [0.15, 0.2) is 41.2 Å². The summed E-state index contributed by atoms with van der Waals surface area (Å²) in [6.07, 6.45) is 1.84. The highest BCUT2D eigenvalue weighted by Crippen LogP contribution is 2.19. The van der Waals surface area contributed by atoms with Crippen molar-refractivity contribution in [2.45, 2.75) is 13.8 Å². The zero-order valence-electron chi connectivity index (χ0n) is 9.71. The van der Waals surface area contributed by atoms with Gasteiger partial charge >= 0.3 is 5.65 Å². The molecule has 0 radical (unpaired) electrons. The van der Waals surface area contributed by atoms with Crippen LogP contribution in [0, 0.1) is 13.8 Å². The number of aromatic nitrogens is 3. The van der Waals surface area contributed by atoms with Crippen LogP contribution in [0.3, 0.4) is 0 Å². The Balaban J connectivity index is 2.30. The Bertz CT molecular complexity index is 674. The van der Waals surface area contributed by atoms with Crippen LogP contribution in [-0.4, -0.2) is 10.1 Å². The molecule has 0 atom stereocenters. The van der Waals surface area contributed by atoms with Crippen molar-refractivity contribution < 1.29 is 9.20 Å². The van der Waals surface area contributed by atoms with Crippen molar-refractivity contribution in [2.24, 2.45) is 0 Å². The molecule has 0 spiro atoms. The van der Waals surface area contributed by atoms with Crippen molar-refractivity contribution >= 4 is 5.65 Å². The van der Waals surface area contributed by atoms with Gasteiger partial charge in [-0.05, 0) is 18.4 Å². The van der Waals surface area contributed by atoms with E-state index in [1.54, 1.807) is 4.57 Å². The van der Waals surface area contributed by atoms with Gasteiger partial charge in [0.05, 0.1) is 5.16 Å². The topological polar surface area (TPSA) is 43.0 Å². The van der Waals surface area contributed by atoms with Crippen LogP contribution in [0.25, 0.3) is 16.9 Å². The van der Waals surface area contributed by atoms with Crippen LogP contribution in [-0.2, 0) is 0 Å². The molecule has 0 saturated carbocycles. The van der Waals surface area contributed by atoms with Gasteiger partial charge in [0.25, 0.3) is 5.69 Å². The third-order valence-electron chi connectivity index (χ3n) is 2.92. The van der Waals surface area contributed by atoms with E-state index in [9.17, 15) is 0 Å². The Morgan fingerprint density at radius 3 is 2.65 bits per heavy atom. The molecule has 0 aliphatic rings. The molecule has 3 rings (SSSR count). The first-order valence-electron chi connectivity index (χ1n) is 5.47. The van der Waals surface area contributed by atoms with Gasteiger partial charge in [0.1, 0.15) is 11.9 Å². The van der Waals surface area contributed by atoms with Crippen molar-refractivity contribution in [2.75, 3.05) is 0 Å². The molecule has 0 unspecified atom stereocenters. The van der Waals surface area contributed by atoms with Gasteiger partial charge in [-0.25, -0.2) is 0 Å². The number of aryl methyl sites for hydroxylation is 2. The number of rotatable bonds is 1. The summed E-state index contributed by atoms with van der Waals surface area (Å²) < 4.78 is 6.98. The lowest BCUT2D eigenvalue weighted by atomic mass is 10.1. The van der Waals surface area contributed by atoms with Crippen molar-refractivity contribution in [3.05, 3.63) is 47.8 Å². The molecule has 0 amide bonds. The fourth-order valence-electron chi connectivity index (χ4n) is 1.78. The Hall–Kier alpha value is -2.23. The molecule has 17 heavy (non-hydrogen) atoms. The van der Waals surface area contributed by atoms with Crippen molar-refractivity contribution in [1.29, 1.82) is 0 Å². The second-order valence-corrected chi connectivity index (χ2v) is 4.03. The first kappa shape index (κ1) is 9.96. The third kappa shape index (κ3) is 1.49. The van der Waals surface area contributed by atoms with Crippen molar-refractivity contribution in [3.8, 4) is 11.3 Å². The maximum absolute atomic E-state index is 5.32. The molecule has 84 valence electrons. The van der Waals surface area contributed by atoms with Crippen molar-refractivity contribution in [3.63, 3.8) is 0 Å². The second-order valence-electron chi connectivity index (χ2n) is 4.03. The van der Waals surface area contributed by atoms with Gasteiger partial charge in [-0.2, -0.15) is 0 Å². The van der Waals surface area contributed by atoms with Crippen LogP contribution in [0.2, 0.25) is 0 Å². The number of hydrogen-bond donors (Lipinski definition) is 0. The zero-order valence-corrected chi connectivity index (χ0v) is 9.71. The molecule has 4 nitrogen and oxygen atoms in total. The van der Waals surface area contributed by atoms with Crippen LogP contribution in [0.1, 0.15) is 11.3 Å². The molecule has 1 aromatic carbocycles. The third-order valence-corrected chi connectivity index (χ3v) is 2.92. The number of fused-ring (bicyclic) bond motifs is 1. The maximum Gasteiger partial charge on any atom is 0.348 e. The van der Waals surface area contributed by atoms with Crippen LogP contribution in [0.4, 0.5) is 0 Å². The molecule has 2 aromatic heterocycles. The highest BCUT2D eigenvalue weighted by molar-refractivity contribution is 5.69. The van der Waals surface area contributed by atoms with E-state index in [1.807, 2.05) is 50.4 Å². The molecule has 0 aliphatic heterocycles. The molecule has 0 N–H and O–H groups in total. The first-order valence-corrected chi connectivity index (χ1v) is 5.47. The van der Waals surface area contributed by atoms with Gasteiger partial charge in [-0.1, -0.05) is 30.3 Å². The quantitative estimate of drug-likeness (QED) is 0.597. The molecular weight excluding hydrogens is 214 g/mol. The lowest BCUT2D eigenvalue weighted by molar-refractivity contribution is -0.735. The van der Waals surface area contributed by atoms with E-state index in [4.69, 9.17) is 4.63 Å². The summed E-state index contributed by atoms with van der Waals surface area (Å²) in [7, 11) is 0. The van der Waals surface area contributed by atoms with E-state index in [2.05, 4.69) is 10.1 Å². The van der Waals surface area contributed by atoms with E-state index < -0.39 is 0 Å². The van der Waals surface area contributed by atoms with Crippen LogP contribution < -0.4 is 4.57 Å². The van der Waals surface area contributed by atoms with E-state index >= 15 is 0 Å². The number of benzene rings is 1. The average Bonchev–Trinajstić information content (AvgIpc) is 2.79. The monoisotopic (exact) mass is 226 g/mol. The predicted molar refractivity (Wildman–Crippen MR) is 62.4 cm³/mol. The van der Waals surface area contributed by atoms with E-state index in [1.165, 1.54) is 0 Å². The van der Waals surface area contributed by atoms with Crippen molar-refractivity contribution in [1.82, 2.24) is 10.1 Å². The molecule has 3 aromatic rings. The minimum atomic E-state index is 0.749. The summed E-state index contributed by atoms with van der Waals surface area (Å²) in [5.41, 5.74) is 4.63. The van der Waals surface area contributed by atoms with Gasteiger partial charge < -0.3 is 0 Å². The Morgan fingerprint density at radius 2 is 1.88 bits per heavy atom. The normalized spacial score (nSPS) is 10.9. The zero-order chi connectivity index (χ0) is 11.8. The lowest BCUT2D eigenvalue weighted by Crippen LogP contribution is -2.25. The summed E-state index contributed by atoms with van der Waals surface area (Å²) in [5.74, 6) is 0. The second kappa shape index (κ2) is 3.66. The molecule has 4 heteroatoms. The molecule has 0 bridgehead atoms. The standard InChI is InChI=1S/C13H12N3O/c1-9-8-14-13-12(11-6-4-3-5-7-11)15-17-16(13)10(9)2/h3-8H,1-2H3/q+1. The Labute approximate surface area is 98.5 Å². The highest BCUT2D eigenvalue weighted by atomic mass is 16.6. The number of hydrogen-bond acceptors (Lipinski definition) is 3. The maximum atomic E-state index is 5.32. The minimum absolute atomic E-state index is 0.749. The highest BCUT2D eigenvalue weighted by Gasteiger charge is 2.21. The number of nitrogens with zero attached hydrogens (tertiary/aromatic N) is 3. The van der Waals surface area contributed by atoms with E-state index in [0.717, 1.165) is 28.2 Å². The van der Waals surface area contributed by atoms with Gasteiger partial charge in [0.15, 0.2) is 0 Å². The summed E-state index contributed by atoms with van der Waals surface area (Å²) in [5, 5.41) is 4.09. The lowest BCUT2D eigenvalue weighted by Gasteiger charge is -1.93. The summed E-state index contributed by atoms with van der Waals surface area (Å²) in [6.45, 7) is 3.99. The fourth-order valence-corrected chi connectivity index (χ4v) is 1.78. The van der Waals surface area contributed by atoms with Crippen LogP contribution in [0.5, 0.6) is 0 Å². The van der Waals surface area contributed by atoms with Gasteiger partial charge in [-0.3, -0.25) is 0 Å². The van der Waals surface area contributed by atoms with Crippen LogP contribution >= 0.6 is 0 Å². The minimum Gasteiger partial charge on any atom is -0.134 e. The Kier molecular flexibility index (Phi) is 2.14. The van der Waals surface area contributed by atoms with E-state index in [0.29, 0.717) is 0 Å². The Morgan fingerprint density at radius 1 is 1.12 bits per heavy atom. The summed E-state index contributed by atoms with van der Waals surface area (Å²) in [4.78, 5) is 4.38. The molecular formula is C13H12N3O+. The molecule has 2 heterocycles. The summed E-state index contributed by atoms with van der Waals surface area (Å²) in [6, 6.07) is 9.91. The summed E-state index contributed by atoms with van der Waals surface area (Å²) >= 11 is 0. The molecule has 0 fully saturated rings. The average molecular weight is 226 g/mol. The molecule has 0 aliphatic carbocycles. The van der Waals surface area contributed by atoms with Gasteiger partial charge in [0, 0.05) is 11.1 Å². The van der Waals surface area contributed by atoms with Gasteiger partial charge in [0.2, 0.25) is 0 Å². The first-order chi connectivity index (χ1) is 8.27. The van der Waals surface area contributed by atoms with E-state index in [-0.39, 0.29) is 0 Å². The van der Waals surface area contributed by atoms with Gasteiger partial charge in [-0.15, -0.1) is 9.61 Å². The largest absolute Gasteiger partial charge is 0.348 e. The molecule has 0 saturated heterocycles. The fraction of sp³-hybridized carbons (Fsp3) is 0.154.